The normalized spacial score (nSPS) is 13.0. The maximum absolute atomic E-state index is 13.4. The third-order valence-electron chi connectivity index (χ3n) is 4.78. The van der Waals surface area contributed by atoms with E-state index < -0.39 is 15.9 Å². The van der Waals surface area contributed by atoms with Gasteiger partial charge in [0.25, 0.3) is 0 Å². The number of sulfonamides is 1. The molecule has 2 heterocycles. The second-order valence-electron chi connectivity index (χ2n) is 6.80. The van der Waals surface area contributed by atoms with Crippen molar-refractivity contribution in [2.45, 2.75) is 4.90 Å². The van der Waals surface area contributed by atoms with Gasteiger partial charge in [0.1, 0.15) is 0 Å². The number of hydrogen-bond acceptors (Lipinski definition) is 7. The quantitative estimate of drug-likeness (QED) is 0.569. The molecule has 4 rings (SSSR count). The summed E-state index contributed by atoms with van der Waals surface area (Å²) in [6.07, 6.45) is 3.13. The zero-order chi connectivity index (χ0) is 21.8. The molecule has 0 fully saturated rings. The molecule has 3 aromatic rings. The lowest BCUT2D eigenvalue weighted by molar-refractivity contribution is -0.116. The number of anilines is 1. The second kappa shape index (κ2) is 8.88. The molecule has 10 heteroatoms. The number of rotatable bonds is 8. The highest BCUT2D eigenvalue weighted by Gasteiger charge is 2.28. The van der Waals surface area contributed by atoms with E-state index in [-0.39, 0.29) is 31.4 Å². The fourth-order valence-electron chi connectivity index (χ4n) is 3.27. The molecule has 0 spiro atoms. The number of methoxy groups -OCH3 is 1. The number of nitrogens with one attached hydrogen (secondary N) is 1. The molecule has 1 aromatic heterocycles. The Morgan fingerprint density at radius 2 is 2.03 bits per heavy atom. The number of amides is 1. The molecule has 1 aliphatic rings. The highest BCUT2D eigenvalue weighted by molar-refractivity contribution is 7.89. The van der Waals surface area contributed by atoms with Crippen molar-refractivity contribution in [2.75, 3.05) is 38.9 Å². The topological polar surface area (TPSA) is 107 Å². The van der Waals surface area contributed by atoms with Crippen LogP contribution < -0.4 is 14.8 Å². The molecule has 2 aromatic carbocycles. The number of pyridine rings is 1. The standard InChI is InChI=1S/C21H21N3O6S/c1-28-10-9-24(13-21(25)23-16-5-6-18-19(11-16)30-14-29-18)31(26,27)20-4-2-3-15-12-22-8-7-17(15)20/h2-8,11-12H,9-10,13-14H2,1H3,(H,23,25). The first-order valence-corrected chi connectivity index (χ1v) is 10.9. The Labute approximate surface area is 179 Å². The smallest absolute Gasteiger partial charge is 0.244 e. The molecule has 0 unspecified atom stereocenters. The summed E-state index contributed by atoms with van der Waals surface area (Å²) in [6.45, 7) is -0.0876. The van der Waals surface area contributed by atoms with E-state index in [9.17, 15) is 13.2 Å². The summed E-state index contributed by atoms with van der Waals surface area (Å²) in [7, 11) is -2.50. The van der Waals surface area contributed by atoms with E-state index >= 15 is 0 Å². The van der Waals surface area contributed by atoms with Crippen LogP contribution in [0.3, 0.4) is 0 Å². The minimum absolute atomic E-state index is 0.0227. The monoisotopic (exact) mass is 443 g/mol. The van der Waals surface area contributed by atoms with Crippen molar-refractivity contribution in [3.63, 3.8) is 0 Å². The zero-order valence-electron chi connectivity index (χ0n) is 16.8. The van der Waals surface area contributed by atoms with Gasteiger partial charge in [0.2, 0.25) is 22.7 Å². The second-order valence-corrected chi connectivity index (χ2v) is 8.71. The summed E-state index contributed by atoms with van der Waals surface area (Å²) >= 11 is 0. The first-order valence-electron chi connectivity index (χ1n) is 9.50. The van der Waals surface area contributed by atoms with E-state index in [1.807, 2.05) is 0 Å². The number of fused-ring (bicyclic) bond motifs is 2. The maximum Gasteiger partial charge on any atom is 0.244 e. The number of nitrogens with zero attached hydrogens (tertiary/aromatic N) is 2. The number of carbonyl (C=O) groups excluding carboxylic acids is 1. The summed E-state index contributed by atoms with van der Waals surface area (Å²) < 4.78 is 43.6. The van der Waals surface area contributed by atoms with E-state index in [4.69, 9.17) is 14.2 Å². The number of hydrogen-bond donors (Lipinski definition) is 1. The summed E-state index contributed by atoms with van der Waals surface area (Å²) in [5, 5.41) is 3.94. The van der Waals surface area contributed by atoms with Gasteiger partial charge in [-0.05, 0) is 24.3 Å². The highest BCUT2D eigenvalue weighted by Crippen LogP contribution is 2.34. The van der Waals surface area contributed by atoms with Gasteiger partial charge in [0, 0.05) is 48.6 Å². The highest BCUT2D eigenvalue weighted by atomic mass is 32.2. The van der Waals surface area contributed by atoms with Crippen molar-refractivity contribution >= 4 is 32.4 Å². The van der Waals surface area contributed by atoms with Crippen LogP contribution in [0.2, 0.25) is 0 Å². The van der Waals surface area contributed by atoms with Crippen LogP contribution >= 0.6 is 0 Å². The van der Waals surface area contributed by atoms with Crippen LogP contribution in [0.4, 0.5) is 5.69 Å². The molecule has 0 atom stereocenters. The fraction of sp³-hybridized carbons (Fsp3) is 0.238. The van der Waals surface area contributed by atoms with E-state index in [1.54, 1.807) is 42.6 Å². The Morgan fingerprint density at radius 3 is 2.87 bits per heavy atom. The molecule has 0 bridgehead atoms. The molecule has 0 saturated heterocycles. The third-order valence-corrected chi connectivity index (χ3v) is 6.68. The molecule has 31 heavy (non-hydrogen) atoms. The molecule has 0 aliphatic carbocycles. The van der Waals surface area contributed by atoms with E-state index in [0.717, 1.165) is 4.31 Å². The molecular weight excluding hydrogens is 422 g/mol. The molecule has 1 aliphatic heterocycles. The molecular formula is C21H21N3O6S. The van der Waals surface area contributed by atoms with Gasteiger partial charge in [0.05, 0.1) is 18.0 Å². The minimum Gasteiger partial charge on any atom is -0.454 e. The van der Waals surface area contributed by atoms with Crippen molar-refractivity contribution in [3.05, 3.63) is 54.9 Å². The lowest BCUT2D eigenvalue weighted by atomic mass is 10.2. The SMILES string of the molecule is COCCN(CC(=O)Nc1ccc2c(c1)OCO2)S(=O)(=O)c1cccc2cnccc12. The summed E-state index contributed by atoms with van der Waals surface area (Å²) in [4.78, 5) is 16.8. The van der Waals surface area contributed by atoms with Crippen LogP contribution in [0.5, 0.6) is 11.5 Å². The average molecular weight is 443 g/mol. The Bertz CT molecular complexity index is 1210. The van der Waals surface area contributed by atoms with Gasteiger partial charge in [0.15, 0.2) is 11.5 Å². The Morgan fingerprint density at radius 1 is 1.19 bits per heavy atom. The lowest BCUT2D eigenvalue weighted by Crippen LogP contribution is -2.40. The Balaban J connectivity index is 1.58. The summed E-state index contributed by atoms with van der Waals surface area (Å²) in [5.74, 6) is 0.624. The van der Waals surface area contributed by atoms with Crippen LogP contribution in [0.15, 0.2) is 59.8 Å². The van der Waals surface area contributed by atoms with Gasteiger partial charge in [-0.25, -0.2) is 8.42 Å². The number of benzene rings is 2. The number of ether oxygens (including phenoxy) is 3. The minimum atomic E-state index is -3.98. The van der Waals surface area contributed by atoms with Crippen LogP contribution in [-0.4, -0.2) is 57.2 Å². The van der Waals surface area contributed by atoms with Gasteiger partial charge in [-0.3, -0.25) is 9.78 Å². The largest absolute Gasteiger partial charge is 0.454 e. The predicted molar refractivity (Wildman–Crippen MR) is 114 cm³/mol. The van der Waals surface area contributed by atoms with Crippen LogP contribution in [0, 0.1) is 0 Å². The molecule has 1 N–H and O–H groups in total. The third kappa shape index (κ3) is 4.46. The van der Waals surface area contributed by atoms with Crippen LogP contribution in [-0.2, 0) is 19.6 Å². The van der Waals surface area contributed by atoms with Crippen molar-refractivity contribution in [3.8, 4) is 11.5 Å². The lowest BCUT2D eigenvalue weighted by Gasteiger charge is -2.22. The zero-order valence-corrected chi connectivity index (χ0v) is 17.6. The van der Waals surface area contributed by atoms with Gasteiger partial charge in [-0.1, -0.05) is 12.1 Å². The van der Waals surface area contributed by atoms with Crippen molar-refractivity contribution < 1.29 is 27.4 Å². The van der Waals surface area contributed by atoms with Crippen molar-refractivity contribution in [1.29, 1.82) is 0 Å². The molecule has 0 radical (unpaired) electrons. The van der Waals surface area contributed by atoms with Gasteiger partial charge < -0.3 is 19.5 Å². The first-order chi connectivity index (χ1) is 15.0. The fourth-order valence-corrected chi connectivity index (χ4v) is 4.86. The summed E-state index contributed by atoms with van der Waals surface area (Å²) in [6, 6.07) is 11.6. The van der Waals surface area contributed by atoms with Crippen molar-refractivity contribution in [1.82, 2.24) is 9.29 Å². The van der Waals surface area contributed by atoms with Gasteiger partial charge in [-0.15, -0.1) is 0 Å². The van der Waals surface area contributed by atoms with Crippen LogP contribution in [0.25, 0.3) is 10.8 Å². The van der Waals surface area contributed by atoms with Gasteiger partial charge >= 0.3 is 0 Å². The van der Waals surface area contributed by atoms with Crippen molar-refractivity contribution in [2.24, 2.45) is 0 Å². The molecule has 9 nitrogen and oxygen atoms in total. The Kier molecular flexibility index (Phi) is 6.03. The number of aromatic nitrogens is 1. The maximum atomic E-state index is 13.4. The van der Waals surface area contributed by atoms with E-state index in [1.165, 1.54) is 19.4 Å². The Hall–Kier alpha value is -3.21. The van der Waals surface area contributed by atoms with Crippen LogP contribution in [0.1, 0.15) is 0 Å². The number of carbonyl (C=O) groups is 1. The average Bonchev–Trinajstić information content (AvgIpc) is 3.24. The van der Waals surface area contributed by atoms with E-state index in [2.05, 4.69) is 10.3 Å². The predicted octanol–water partition coefficient (Wildman–Crippen LogP) is 2.24. The first kappa shape index (κ1) is 21.0. The molecule has 1 amide bonds. The summed E-state index contributed by atoms with van der Waals surface area (Å²) in [5.41, 5.74) is 0.481. The van der Waals surface area contributed by atoms with E-state index in [0.29, 0.717) is 28.0 Å². The molecule has 162 valence electrons. The molecule has 0 saturated carbocycles. The van der Waals surface area contributed by atoms with Gasteiger partial charge in [-0.2, -0.15) is 4.31 Å².